The molecule has 3 heteroatoms. The van der Waals surface area contributed by atoms with Gasteiger partial charge < -0.3 is 10.6 Å². The summed E-state index contributed by atoms with van der Waals surface area (Å²) in [6.45, 7) is 5.41. The van der Waals surface area contributed by atoms with Gasteiger partial charge in [-0.05, 0) is 58.8 Å². The van der Waals surface area contributed by atoms with Crippen LogP contribution in [0.3, 0.4) is 0 Å². The van der Waals surface area contributed by atoms with Gasteiger partial charge in [-0.3, -0.25) is 4.90 Å². The van der Waals surface area contributed by atoms with Crippen LogP contribution in [0.15, 0.2) is 30.3 Å². The number of nitrogens with two attached hydrogens (primary N) is 1. The molecule has 0 saturated carbocycles. The van der Waals surface area contributed by atoms with Gasteiger partial charge in [-0.15, -0.1) is 0 Å². The SMILES string of the molecule is CN(C)C1CCCN(C(C)(CN)CCc2ccccc2)C1. The Labute approximate surface area is 130 Å². The molecule has 1 aliphatic heterocycles. The number of likely N-dealkylation sites (N-methyl/N-ethyl adjacent to an activating group) is 1. The van der Waals surface area contributed by atoms with Gasteiger partial charge in [0.25, 0.3) is 0 Å². The Morgan fingerprint density at radius 2 is 2.00 bits per heavy atom. The molecule has 2 unspecified atom stereocenters. The van der Waals surface area contributed by atoms with Gasteiger partial charge in [-0.1, -0.05) is 30.3 Å². The topological polar surface area (TPSA) is 32.5 Å². The molecule has 1 aromatic rings. The molecule has 3 nitrogen and oxygen atoms in total. The second kappa shape index (κ2) is 7.39. The van der Waals surface area contributed by atoms with E-state index in [0.29, 0.717) is 6.04 Å². The van der Waals surface area contributed by atoms with Gasteiger partial charge >= 0.3 is 0 Å². The normalized spacial score (nSPS) is 23.2. The van der Waals surface area contributed by atoms with Gasteiger partial charge in [0.05, 0.1) is 0 Å². The molecule has 2 rings (SSSR count). The summed E-state index contributed by atoms with van der Waals surface area (Å²) in [4.78, 5) is 4.99. The minimum Gasteiger partial charge on any atom is -0.329 e. The van der Waals surface area contributed by atoms with Gasteiger partial charge in [0.1, 0.15) is 0 Å². The number of piperidine rings is 1. The zero-order valence-corrected chi connectivity index (χ0v) is 13.9. The zero-order valence-electron chi connectivity index (χ0n) is 13.9. The van der Waals surface area contributed by atoms with Crippen LogP contribution in [0.5, 0.6) is 0 Å². The summed E-state index contributed by atoms with van der Waals surface area (Å²) in [6.07, 6.45) is 4.83. The minimum absolute atomic E-state index is 0.116. The van der Waals surface area contributed by atoms with Crippen molar-refractivity contribution in [3.63, 3.8) is 0 Å². The molecular formula is C18H31N3. The zero-order chi connectivity index (χ0) is 15.3. The Morgan fingerprint density at radius 3 is 2.62 bits per heavy atom. The van der Waals surface area contributed by atoms with Crippen LogP contribution >= 0.6 is 0 Å². The van der Waals surface area contributed by atoms with Crippen molar-refractivity contribution in [2.24, 2.45) is 5.73 Å². The maximum atomic E-state index is 6.17. The van der Waals surface area contributed by atoms with Crippen LogP contribution in [0.2, 0.25) is 0 Å². The second-order valence-electron chi connectivity index (χ2n) is 6.89. The van der Waals surface area contributed by atoms with Crippen molar-refractivity contribution < 1.29 is 0 Å². The third-order valence-electron chi connectivity index (χ3n) is 5.13. The van der Waals surface area contributed by atoms with Crippen LogP contribution in [0, 0.1) is 0 Å². The summed E-state index contributed by atoms with van der Waals surface area (Å²) in [5.74, 6) is 0. The molecule has 0 amide bonds. The van der Waals surface area contributed by atoms with Crippen LogP contribution in [0.25, 0.3) is 0 Å². The average molecular weight is 289 g/mol. The third kappa shape index (κ3) is 4.29. The highest BCUT2D eigenvalue weighted by atomic mass is 15.3. The van der Waals surface area contributed by atoms with Crippen molar-refractivity contribution >= 4 is 0 Å². The maximum Gasteiger partial charge on any atom is 0.0307 e. The van der Waals surface area contributed by atoms with Crippen molar-refractivity contribution in [1.82, 2.24) is 9.80 Å². The number of likely N-dealkylation sites (tertiary alicyclic amines) is 1. The maximum absolute atomic E-state index is 6.17. The number of hydrogen-bond donors (Lipinski definition) is 1. The first-order valence-electron chi connectivity index (χ1n) is 8.20. The molecule has 0 aliphatic carbocycles. The number of hydrogen-bond acceptors (Lipinski definition) is 3. The van der Waals surface area contributed by atoms with Crippen LogP contribution in [-0.2, 0) is 6.42 Å². The molecule has 1 aliphatic rings. The van der Waals surface area contributed by atoms with E-state index >= 15 is 0 Å². The lowest BCUT2D eigenvalue weighted by atomic mass is 9.88. The van der Waals surface area contributed by atoms with Crippen molar-refractivity contribution in [3.8, 4) is 0 Å². The molecule has 0 spiro atoms. The Bertz CT molecular complexity index is 418. The van der Waals surface area contributed by atoms with Gasteiger partial charge in [0.15, 0.2) is 0 Å². The fraction of sp³-hybridized carbons (Fsp3) is 0.667. The van der Waals surface area contributed by atoms with Crippen LogP contribution in [0.1, 0.15) is 31.7 Å². The van der Waals surface area contributed by atoms with Gasteiger partial charge in [-0.25, -0.2) is 0 Å². The van der Waals surface area contributed by atoms with Gasteiger partial charge in [-0.2, -0.15) is 0 Å². The van der Waals surface area contributed by atoms with E-state index in [0.717, 1.165) is 25.9 Å². The molecule has 1 fully saturated rings. The van der Waals surface area contributed by atoms with Gasteiger partial charge in [0.2, 0.25) is 0 Å². The molecule has 21 heavy (non-hydrogen) atoms. The molecule has 1 saturated heterocycles. The Balaban J connectivity index is 1.99. The Kier molecular flexibility index (Phi) is 5.80. The Morgan fingerprint density at radius 1 is 1.29 bits per heavy atom. The molecule has 0 radical (unpaired) electrons. The highest BCUT2D eigenvalue weighted by Crippen LogP contribution is 2.26. The monoisotopic (exact) mass is 289 g/mol. The van der Waals surface area contributed by atoms with E-state index in [2.05, 4.69) is 61.2 Å². The first kappa shape index (κ1) is 16.5. The van der Waals surface area contributed by atoms with E-state index in [1.807, 2.05) is 0 Å². The Hall–Kier alpha value is -0.900. The van der Waals surface area contributed by atoms with Crippen LogP contribution < -0.4 is 5.73 Å². The molecule has 0 bridgehead atoms. The van der Waals surface area contributed by atoms with E-state index in [-0.39, 0.29) is 5.54 Å². The molecule has 1 heterocycles. The standard InChI is InChI=1S/C18H31N3/c1-18(15-19,12-11-16-8-5-4-6-9-16)21-13-7-10-17(14-21)20(2)3/h4-6,8-9,17H,7,10-15,19H2,1-3H3. The average Bonchev–Trinajstić information content (AvgIpc) is 2.53. The first-order chi connectivity index (χ1) is 10.0. The van der Waals surface area contributed by atoms with Crippen molar-refractivity contribution in [3.05, 3.63) is 35.9 Å². The first-order valence-corrected chi connectivity index (χ1v) is 8.20. The fourth-order valence-corrected chi connectivity index (χ4v) is 3.31. The quantitative estimate of drug-likeness (QED) is 0.872. The number of aryl methyl sites for hydroxylation is 1. The van der Waals surface area contributed by atoms with Crippen LogP contribution in [0.4, 0.5) is 0 Å². The largest absolute Gasteiger partial charge is 0.329 e. The highest BCUT2D eigenvalue weighted by molar-refractivity contribution is 5.15. The molecular weight excluding hydrogens is 258 g/mol. The molecule has 2 N–H and O–H groups in total. The van der Waals surface area contributed by atoms with E-state index in [4.69, 9.17) is 5.73 Å². The van der Waals surface area contributed by atoms with E-state index in [1.54, 1.807) is 0 Å². The van der Waals surface area contributed by atoms with E-state index in [9.17, 15) is 0 Å². The molecule has 0 aromatic heterocycles. The molecule has 2 atom stereocenters. The fourth-order valence-electron chi connectivity index (χ4n) is 3.31. The molecule has 1 aromatic carbocycles. The third-order valence-corrected chi connectivity index (χ3v) is 5.13. The van der Waals surface area contributed by atoms with Crippen molar-refractivity contribution in [1.29, 1.82) is 0 Å². The summed E-state index contributed by atoms with van der Waals surface area (Å²) in [6, 6.07) is 11.4. The van der Waals surface area contributed by atoms with Crippen molar-refractivity contribution in [2.75, 3.05) is 33.7 Å². The molecule has 118 valence electrons. The lowest BCUT2D eigenvalue weighted by molar-refractivity contribution is 0.0405. The highest BCUT2D eigenvalue weighted by Gasteiger charge is 2.34. The summed E-state index contributed by atoms with van der Waals surface area (Å²) in [5.41, 5.74) is 7.70. The number of rotatable bonds is 6. The summed E-state index contributed by atoms with van der Waals surface area (Å²) in [5, 5.41) is 0. The number of nitrogens with zero attached hydrogens (tertiary/aromatic N) is 2. The van der Waals surface area contributed by atoms with Crippen LogP contribution in [-0.4, -0.2) is 55.1 Å². The minimum atomic E-state index is 0.116. The predicted molar refractivity (Wildman–Crippen MR) is 90.5 cm³/mol. The van der Waals surface area contributed by atoms with E-state index < -0.39 is 0 Å². The second-order valence-corrected chi connectivity index (χ2v) is 6.89. The lowest BCUT2D eigenvalue weighted by Gasteiger charge is -2.46. The summed E-state index contributed by atoms with van der Waals surface area (Å²) in [7, 11) is 4.38. The lowest BCUT2D eigenvalue weighted by Crippen LogP contribution is -2.58. The number of benzene rings is 1. The summed E-state index contributed by atoms with van der Waals surface area (Å²) >= 11 is 0. The predicted octanol–water partition coefficient (Wildman–Crippen LogP) is 2.36. The summed E-state index contributed by atoms with van der Waals surface area (Å²) < 4.78 is 0. The van der Waals surface area contributed by atoms with Crippen molar-refractivity contribution in [2.45, 2.75) is 44.2 Å². The smallest absolute Gasteiger partial charge is 0.0307 e. The van der Waals surface area contributed by atoms with E-state index in [1.165, 1.54) is 24.9 Å². The van der Waals surface area contributed by atoms with Gasteiger partial charge in [0, 0.05) is 24.7 Å².